The molecule has 0 aliphatic carbocycles. The van der Waals surface area contributed by atoms with Crippen molar-refractivity contribution in [3.8, 4) is 0 Å². The van der Waals surface area contributed by atoms with E-state index in [0.29, 0.717) is 0 Å². The van der Waals surface area contributed by atoms with Crippen molar-refractivity contribution in [2.45, 2.75) is 116 Å². The lowest BCUT2D eigenvalue weighted by molar-refractivity contribution is -0.143. The van der Waals surface area contributed by atoms with Crippen LogP contribution in [0.3, 0.4) is 0 Å². The number of nitrogens with one attached hydrogen (secondary N) is 5. The summed E-state index contributed by atoms with van der Waals surface area (Å²) in [5.74, 6) is -7.38. The molecule has 19 nitrogen and oxygen atoms in total. The fraction of sp³-hybridized carbons (Fsp3) is 0.742. The second-order valence-corrected chi connectivity index (χ2v) is 13.4. The highest BCUT2D eigenvalue weighted by molar-refractivity contribution is 5.96. The van der Waals surface area contributed by atoms with Crippen LogP contribution in [0.25, 0.3) is 0 Å². The van der Waals surface area contributed by atoms with Crippen molar-refractivity contribution in [3.05, 3.63) is 0 Å². The molecule has 0 bridgehead atoms. The highest BCUT2D eigenvalue weighted by atomic mass is 16.4. The van der Waals surface area contributed by atoms with Crippen LogP contribution in [-0.2, 0) is 33.6 Å². The molecular formula is C31H57N9O10. The summed E-state index contributed by atoms with van der Waals surface area (Å²) in [5, 5.41) is 40.8. The largest absolute Gasteiger partial charge is 0.481 e. The van der Waals surface area contributed by atoms with Crippen LogP contribution < -0.4 is 43.8 Å². The Morgan fingerprint density at radius 1 is 0.600 bits per heavy atom. The summed E-state index contributed by atoms with van der Waals surface area (Å²) < 4.78 is 0. The van der Waals surface area contributed by atoms with E-state index in [2.05, 4.69) is 31.6 Å². The number of nitrogens with zero attached hydrogens (tertiary/aromatic N) is 1. The Morgan fingerprint density at radius 2 is 0.980 bits per heavy atom. The first-order chi connectivity index (χ1) is 23.2. The summed E-state index contributed by atoms with van der Waals surface area (Å²) in [6, 6.07) is -7.97. The number of aliphatic hydroxyl groups is 1. The first kappa shape index (κ1) is 45.5. The summed E-state index contributed by atoms with van der Waals surface area (Å²) in [6.07, 6.45) is -0.147. The van der Waals surface area contributed by atoms with E-state index >= 15 is 0 Å². The molecule has 0 heterocycles. The second kappa shape index (κ2) is 23.0. The maximum absolute atomic E-state index is 13.6. The Hall–Kier alpha value is -4.52. The molecular weight excluding hydrogens is 658 g/mol. The van der Waals surface area contributed by atoms with Crippen molar-refractivity contribution in [1.82, 2.24) is 26.6 Å². The average molecular weight is 716 g/mol. The van der Waals surface area contributed by atoms with Gasteiger partial charge in [-0.25, -0.2) is 4.79 Å². The van der Waals surface area contributed by atoms with Gasteiger partial charge in [-0.15, -0.1) is 0 Å². The van der Waals surface area contributed by atoms with Gasteiger partial charge in [-0.05, 0) is 49.9 Å². The van der Waals surface area contributed by atoms with Gasteiger partial charge >= 0.3 is 11.9 Å². The van der Waals surface area contributed by atoms with E-state index in [4.69, 9.17) is 22.3 Å². The molecule has 286 valence electrons. The lowest BCUT2D eigenvalue weighted by Crippen LogP contribution is -2.60. The Balaban J connectivity index is 6.03. The molecule has 0 spiro atoms. The molecule has 0 aromatic heterocycles. The van der Waals surface area contributed by atoms with Gasteiger partial charge < -0.3 is 59.1 Å². The number of carboxylic acid groups (broad SMARTS) is 2. The molecule has 0 saturated carbocycles. The smallest absolute Gasteiger partial charge is 0.326 e. The number of hydrogen-bond donors (Lipinski definition) is 11. The summed E-state index contributed by atoms with van der Waals surface area (Å²) in [7, 11) is 0. The van der Waals surface area contributed by atoms with Crippen molar-refractivity contribution in [2.24, 2.45) is 39.9 Å². The number of guanidine groups is 1. The van der Waals surface area contributed by atoms with Crippen molar-refractivity contribution in [2.75, 3.05) is 13.2 Å². The van der Waals surface area contributed by atoms with Gasteiger partial charge in [0.25, 0.3) is 0 Å². The van der Waals surface area contributed by atoms with Crippen LogP contribution in [0.15, 0.2) is 4.99 Å². The normalized spacial score (nSPS) is 14.8. The first-order valence-corrected chi connectivity index (χ1v) is 16.6. The van der Waals surface area contributed by atoms with Crippen molar-refractivity contribution in [1.29, 1.82) is 0 Å². The summed E-state index contributed by atoms with van der Waals surface area (Å²) in [6.45, 7) is 9.86. The van der Waals surface area contributed by atoms with Crippen LogP contribution in [0.4, 0.5) is 0 Å². The first-order valence-electron chi connectivity index (χ1n) is 16.6. The molecule has 0 aromatic rings. The maximum atomic E-state index is 13.6. The fourth-order valence-electron chi connectivity index (χ4n) is 4.71. The van der Waals surface area contributed by atoms with Crippen LogP contribution >= 0.6 is 0 Å². The highest BCUT2D eigenvalue weighted by Crippen LogP contribution is 2.11. The van der Waals surface area contributed by atoms with Crippen molar-refractivity contribution in [3.63, 3.8) is 0 Å². The predicted octanol–water partition coefficient (Wildman–Crippen LogP) is -2.52. The van der Waals surface area contributed by atoms with Crippen molar-refractivity contribution >= 4 is 47.4 Å². The molecule has 0 aliphatic heterocycles. The van der Waals surface area contributed by atoms with E-state index in [0.717, 1.165) is 0 Å². The number of carboxylic acids is 2. The quantitative estimate of drug-likeness (QED) is 0.0280. The van der Waals surface area contributed by atoms with Gasteiger partial charge in [0.1, 0.15) is 30.2 Å². The van der Waals surface area contributed by atoms with E-state index < -0.39 is 90.8 Å². The van der Waals surface area contributed by atoms with Gasteiger partial charge in [-0.3, -0.25) is 33.8 Å². The van der Waals surface area contributed by atoms with Crippen LogP contribution in [0.2, 0.25) is 0 Å². The number of nitrogens with two attached hydrogens (primary N) is 3. The Morgan fingerprint density at radius 3 is 1.40 bits per heavy atom. The molecule has 50 heavy (non-hydrogen) atoms. The third-order valence-corrected chi connectivity index (χ3v) is 7.13. The second-order valence-electron chi connectivity index (χ2n) is 13.4. The van der Waals surface area contributed by atoms with Crippen LogP contribution in [0.1, 0.15) is 80.1 Å². The lowest BCUT2D eigenvalue weighted by atomic mass is 10.0. The number of carbonyl (C=O) groups is 7. The minimum absolute atomic E-state index is 0.0130. The molecule has 6 atom stereocenters. The summed E-state index contributed by atoms with van der Waals surface area (Å²) >= 11 is 0. The Labute approximate surface area is 292 Å². The number of carbonyl (C=O) groups excluding carboxylic acids is 5. The average Bonchev–Trinajstić information content (AvgIpc) is 2.98. The molecule has 0 aromatic carbocycles. The number of aliphatic hydroxyl groups excluding tert-OH is 1. The lowest BCUT2D eigenvalue weighted by Gasteiger charge is -2.27. The summed E-state index contributed by atoms with van der Waals surface area (Å²) in [5.41, 5.74) is 16.3. The number of amides is 5. The van der Waals surface area contributed by atoms with Gasteiger partial charge in [0.2, 0.25) is 29.5 Å². The number of aliphatic carboxylic acids is 2. The van der Waals surface area contributed by atoms with Gasteiger partial charge in [0.05, 0.1) is 19.1 Å². The number of aliphatic imine (C=N–C) groups is 1. The van der Waals surface area contributed by atoms with Crippen LogP contribution in [0.5, 0.6) is 0 Å². The third kappa shape index (κ3) is 18.9. The van der Waals surface area contributed by atoms with Crippen LogP contribution in [0, 0.1) is 17.8 Å². The van der Waals surface area contributed by atoms with E-state index in [1.54, 1.807) is 41.5 Å². The van der Waals surface area contributed by atoms with E-state index in [9.17, 15) is 43.8 Å². The molecule has 0 radical (unpaired) electrons. The van der Waals surface area contributed by atoms with Gasteiger partial charge in [0.15, 0.2) is 5.96 Å². The minimum atomic E-state index is -1.57. The molecule has 0 fully saturated rings. The Bertz CT molecular complexity index is 1190. The SMILES string of the molecule is CC(C)C[C@H](NC(=O)[C@H](CCCN=C(N)N)NC(=O)[C@H](CC(C)C)NC(=O)[C@H](CO)NC(=O)[C@H](CC(C)C)NC(=O)[C@@H](N)CC(=O)O)C(=O)O. The molecule has 0 unspecified atom stereocenters. The van der Waals surface area contributed by atoms with Gasteiger partial charge in [-0.1, -0.05) is 41.5 Å². The number of hydrogen-bond acceptors (Lipinski definition) is 10. The summed E-state index contributed by atoms with van der Waals surface area (Å²) in [4.78, 5) is 92.3. The Kier molecular flexibility index (Phi) is 20.9. The molecule has 5 amide bonds. The van der Waals surface area contributed by atoms with E-state index in [1.807, 2.05) is 0 Å². The van der Waals surface area contributed by atoms with Crippen LogP contribution in [-0.4, -0.2) is 112 Å². The molecule has 0 rings (SSSR count). The van der Waals surface area contributed by atoms with Crippen molar-refractivity contribution < 1.29 is 48.9 Å². The molecule has 0 saturated heterocycles. The topological polar surface area (TPSA) is 331 Å². The predicted molar refractivity (Wildman–Crippen MR) is 183 cm³/mol. The maximum Gasteiger partial charge on any atom is 0.326 e. The minimum Gasteiger partial charge on any atom is -0.481 e. The third-order valence-electron chi connectivity index (χ3n) is 7.13. The molecule has 19 heteroatoms. The zero-order valence-corrected chi connectivity index (χ0v) is 29.7. The van der Waals surface area contributed by atoms with Gasteiger partial charge in [-0.2, -0.15) is 0 Å². The molecule has 0 aliphatic rings. The standard InChI is InChI=1S/C31H57N9O10/c1-15(2)10-20(37-25(44)18(32)13-24(42)43)28(47)40-23(14-41)29(48)38-21(11-16(3)4)27(46)36-19(8-7-9-35-31(33)34)26(45)39-22(30(49)50)12-17(5)6/h15-23,41H,7-14,32H2,1-6H3,(H,36,46)(H,37,44)(H,38,48)(H,39,45)(H,40,47)(H,42,43)(H,49,50)(H4,33,34,35)/t18-,19-,20-,21-,22-,23-/m0/s1. The van der Waals surface area contributed by atoms with E-state index in [-0.39, 0.29) is 62.4 Å². The van der Waals surface area contributed by atoms with Gasteiger partial charge in [0, 0.05) is 6.54 Å². The monoisotopic (exact) mass is 715 g/mol. The van der Waals surface area contributed by atoms with E-state index in [1.165, 1.54) is 0 Å². The molecule has 14 N–H and O–H groups in total. The zero-order chi connectivity index (χ0) is 38.7. The number of rotatable bonds is 24. The highest BCUT2D eigenvalue weighted by Gasteiger charge is 2.33. The fourth-order valence-corrected chi connectivity index (χ4v) is 4.71. The zero-order valence-electron chi connectivity index (χ0n) is 29.7.